The summed E-state index contributed by atoms with van der Waals surface area (Å²) < 4.78 is 9.86. The number of nitrogens with zero attached hydrogens (tertiary/aromatic N) is 5. The van der Waals surface area contributed by atoms with Gasteiger partial charge in [-0.15, -0.1) is 0 Å². The first kappa shape index (κ1) is 14.9. The van der Waals surface area contributed by atoms with E-state index in [4.69, 9.17) is 4.74 Å². The van der Waals surface area contributed by atoms with Gasteiger partial charge in [-0.05, 0) is 18.8 Å². The average Bonchev–Trinajstić information content (AvgIpc) is 3.15. The van der Waals surface area contributed by atoms with Gasteiger partial charge in [0.25, 0.3) is 0 Å². The molecule has 0 spiro atoms. The third kappa shape index (κ3) is 3.33. The number of ether oxygens (including phenoxy) is 1. The largest absolute Gasteiger partial charge is 0.380 e. The van der Waals surface area contributed by atoms with Crippen molar-refractivity contribution in [3.8, 4) is 0 Å². The van der Waals surface area contributed by atoms with Crippen LogP contribution in [0.1, 0.15) is 35.6 Å². The summed E-state index contributed by atoms with van der Waals surface area (Å²) in [5.41, 5.74) is 3.95. The molecular weight excluding hydrogens is 290 g/mol. The van der Waals surface area contributed by atoms with Crippen LogP contribution < -0.4 is 0 Å². The summed E-state index contributed by atoms with van der Waals surface area (Å²) in [4.78, 5) is 2.48. The molecule has 23 heavy (non-hydrogen) atoms. The maximum absolute atomic E-state index is 5.99. The topological polar surface area (TPSA) is 48.1 Å². The summed E-state index contributed by atoms with van der Waals surface area (Å²) >= 11 is 0. The molecule has 0 N–H and O–H groups in total. The van der Waals surface area contributed by atoms with Gasteiger partial charge in [-0.25, -0.2) is 0 Å². The molecule has 2 aromatic rings. The standard InChI is InChI=1S/C17H25N5O/c1-20-7-14(5-18-20)8-22-9-15(12-23-11-13-3-4-13)16-6-19-21(2)17(16)10-22/h5-7,13,15H,3-4,8-12H2,1-2H3/t15-/m0/s1. The molecule has 4 rings (SSSR count). The van der Waals surface area contributed by atoms with Gasteiger partial charge in [0.05, 0.1) is 24.7 Å². The van der Waals surface area contributed by atoms with Crippen molar-refractivity contribution in [1.29, 1.82) is 0 Å². The van der Waals surface area contributed by atoms with Gasteiger partial charge in [0.2, 0.25) is 0 Å². The SMILES string of the molecule is Cn1cc(CN2Cc3c(cnn3C)[C@H](COCC3CC3)C2)cn1. The summed E-state index contributed by atoms with van der Waals surface area (Å²) in [6, 6.07) is 0. The molecule has 6 nitrogen and oxygen atoms in total. The molecule has 0 saturated heterocycles. The summed E-state index contributed by atoms with van der Waals surface area (Å²) in [6.45, 7) is 4.63. The Kier molecular flexibility index (Phi) is 3.95. The van der Waals surface area contributed by atoms with Crippen molar-refractivity contribution < 1.29 is 4.74 Å². The lowest BCUT2D eigenvalue weighted by Gasteiger charge is -2.32. The maximum Gasteiger partial charge on any atom is 0.0557 e. The third-order valence-electron chi connectivity index (χ3n) is 4.92. The lowest BCUT2D eigenvalue weighted by molar-refractivity contribution is 0.0885. The van der Waals surface area contributed by atoms with E-state index in [9.17, 15) is 0 Å². The Hall–Kier alpha value is -1.66. The second-order valence-electron chi connectivity index (χ2n) is 7.04. The van der Waals surface area contributed by atoms with E-state index in [1.807, 2.05) is 35.9 Å². The molecular formula is C17H25N5O. The van der Waals surface area contributed by atoms with Crippen LogP contribution in [0.3, 0.4) is 0 Å². The highest BCUT2D eigenvalue weighted by atomic mass is 16.5. The zero-order valence-electron chi connectivity index (χ0n) is 14.0. The number of hydrogen-bond donors (Lipinski definition) is 0. The molecule has 0 bridgehead atoms. The number of aryl methyl sites for hydroxylation is 2. The van der Waals surface area contributed by atoms with Crippen molar-refractivity contribution >= 4 is 0 Å². The van der Waals surface area contributed by atoms with Crippen LogP contribution in [0.5, 0.6) is 0 Å². The molecule has 1 aliphatic carbocycles. The molecule has 0 unspecified atom stereocenters. The van der Waals surface area contributed by atoms with Crippen LogP contribution in [0.2, 0.25) is 0 Å². The van der Waals surface area contributed by atoms with Crippen molar-refractivity contribution in [2.45, 2.75) is 31.8 Å². The van der Waals surface area contributed by atoms with Gasteiger partial charge in [-0.3, -0.25) is 14.3 Å². The third-order valence-corrected chi connectivity index (χ3v) is 4.92. The Balaban J connectivity index is 1.46. The van der Waals surface area contributed by atoms with Gasteiger partial charge in [-0.1, -0.05) is 0 Å². The summed E-state index contributed by atoms with van der Waals surface area (Å²) in [6.07, 6.45) is 8.77. The van der Waals surface area contributed by atoms with Crippen LogP contribution in [0.25, 0.3) is 0 Å². The van der Waals surface area contributed by atoms with Crippen molar-refractivity contribution in [2.24, 2.45) is 20.0 Å². The molecule has 1 atom stereocenters. The first-order valence-corrected chi connectivity index (χ1v) is 8.47. The first-order chi connectivity index (χ1) is 11.2. The van der Waals surface area contributed by atoms with Crippen LogP contribution in [0, 0.1) is 5.92 Å². The molecule has 2 aromatic heterocycles. The molecule has 6 heteroatoms. The molecule has 0 aromatic carbocycles. The quantitative estimate of drug-likeness (QED) is 0.814. The predicted molar refractivity (Wildman–Crippen MR) is 86.8 cm³/mol. The first-order valence-electron chi connectivity index (χ1n) is 8.47. The van der Waals surface area contributed by atoms with Crippen molar-refractivity contribution in [3.05, 3.63) is 35.4 Å². The van der Waals surface area contributed by atoms with E-state index in [0.717, 1.165) is 38.8 Å². The molecule has 3 heterocycles. The summed E-state index contributed by atoms with van der Waals surface area (Å²) in [5, 5.41) is 8.74. The minimum atomic E-state index is 0.419. The average molecular weight is 315 g/mol. The number of rotatable bonds is 6. The Bertz CT molecular complexity index is 672. The highest BCUT2D eigenvalue weighted by Gasteiger charge is 2.29. The van der Waals surface area contributed by atoms with Crippen molar-refractivity contribution in [3.63, 3.8) is 0 Å². The predicted octanol–water partition coefficient (Wildman–Crippen LogP) is 1.68. The van der Waals surface area contributed by atoms with Gasteiger partial charge in [-0.2, -0.15) is 10.2 Å². The van der Waals surface area contributed by atoms with E-state index in [0.29, 0.717) is 5.92 Å². The summed E-state index contributed by atoms with van der Waals surface area (Å²) in [7, 11) is 4.00. The van der Waals surface area contributed by atoms with Crippen LogP contribution >= 0.6 is 0 Å². The number of hydrogen-bond acceptors (Lipinski definition) is 4. The minimum absolute atomic E-state index is 0.419. The molecule has 2 aliphatic rings. The van der Waals surface area contributed by atoms with Gasteiger partial charge in [0.15, 0.2) is 0 Å². The Labute approximate surface area is 137 Å². The molecule has 1 saturated carbocycles. The van der Waals surface area contributed by atoms with E-state index < -0.39 is 0 Å². The normalized spacial score (nSPS) is 21.6. The zero-order valence-corrected chi connectivity index (χ0v) is 14.0. The Morgan fingerprint density at radius 3 is 2.78 bits per heavy atom. The number of aromatic nitrogens is 4. The van der Waals surface area contributed by atoms with Gasteiger partial charge >= 0.3 is 0 Å². The smallest absolute Gasteiger partial charge is 0.0557 e. The number of fused-ring (bicyclic) bond motifs is 1. The Morgan fingerprint density at radius 1 is 1.17 bits per heavy atom. The monoisotopic (exact) mass is 315 g/mol. The van der Waals surface area contributed by atoms with E-state index >= 15 is 0 Å². The highest BCUT2D eigenvalue weighted by molar-refractivity contribution is 5.26. The van der Waals surface area contributed by atoms with E-state index in [2.05, 4.69) is 21.3 Å². The Morgan fingerprint density at radius 2 is 2.04 bits per heavy atom. The fourth-order valence-corrected chi connectivity index (χ4v) is 3.44. The summed E-state index contributed by atoms with van der Waals surface area (Å²) in [5.74, 6) is 1.24. The van der Waals surface area contributed by atoms with Crippen LogP contribution in [0.4, 0.5) is 0 Å². The van der Waals surface area contributed by atoms with Gasteiger partial charge < -0.3 is 4.74 Å². The fourth-order valence-electron chi connectivity index (χ4n) is 3.44. The van der Waals surface area contributed by atoms with E-state index in [-0.39, 0.29) is 0 Å². The van der Waals surface area contributed by atoms with E-state index in [1.165, 1.54) is 29.7 Å². The minimum Gasteiger partial charge on any atom is -0.380 e. The second kappa shape index (κ2) is 6.09. The van der Waals surface area contributed by atoms with Gasteiger partial charge in [0, 0.05) is 63.6 Å². The second-order valence-corrected chi connectivity index (χ2v) is 7.04. The van der Waals surface area contributed by atoms with Gasteiger partial charge in [0.1, 0.15) is 0 Å². The molecule has 0 radical (unpaired) electrons. The lowest BCUT2D eigenvalue weighted by Crippen LogP contribution is -2.35. The molecule has 1 fully saturated rings. The van der Waals surface area contributed by atoms with Crippen LogP contribution in [-0.4, -0.2) is 44.2 Å². The zero-order chi connectivity index (χ0) is 15.8. The fraction of sp³-hybridized carbons (Fsp3) is 0.647. The van der Waals surface area contributed by atoms with Crippen LogP contribution in [0.15, 0.2) is 18.6 Å². The molecule has 1 aliphatic heterocycles. The van der Waals surface area contributed by atoms with E-state index in [1.54, 1.807) is 0 Å². The van der Waals surface area contributed by atoms with Crippen molar-refractivity contribution in [1.82, 2.24) is 24.5 Å². The van der Waals surface area contributed by atoms with Crippen LogP contribution in [-0.2, 0) is 31.9 Å². The highest BCUT2D eigenvalue weighted by Crippen LogP contribution is 2.32. The lowest BCUT2D eigenvalue weighted by atomic mass is 9.95. The molecule has 0 amide bonds. The van der Waals surface area contributed by atoms with Crippen molar-refractivity contribution in [2.75, 3.05) is 19.8 Å². The maximum atomic E-state index is 5.99. The molecule has 124 valence electrons.